The van der Waals surface area contributed by atoms with Crippen molar-refractivity contribution in [1.29, 1.82) is 0 Å². The fourth-order valence-electron chi connectivity index (χ4n) is 14.1. The standard InChI is InChI=1S/C27H30N4O7S2.C24H32N4O6S.C19H24N4O4S/c1-19(32)21-3-7-25(8-4-21)39(34,35)30-13-11-27(12-14-30)31(24(17-38-27)15-23-16-28-18-29-23)40(36,37)26-9-5-22(6-10-26)20(2)33;1-17(29)18-5-7-21(8-6-18)35(31,32)28-20(13-19-14-25-16-26-19)15-33-24(28)9-11-27(12-10-24)22(30)34-23(2,3)4;1-14(24)15-2-4-18(5-3-15)28(25,26)23-17(10-16-11-21-13-22-16)12-27-19(23)6-8-20-9-7-19/h3-10,16,18,24H,11-15,17H2,1-2H3,(H,28,29);5-8,14,16,20H,9-13,15H2,1-4H3,(H,25,26);2-5,11,13,17,20H,6-10,12H2,1H3,(H,21,22). The van der Waals surface area contributed by atoms with Crippen LogP contribution in [0.25, 0.3) is 0 Å². The topological polar surface area (TPSA) is 373 Å². The van der Waals surface area contributed by atoms with Crippen LogP contribution in [-0.4, -0.2) is 215 Å². The largest absolute Gasteiger partial charge is 0.444 e. The van der Waals surface area contributed by atoms with E-state index in [9.17, 15) is 57.6 Å². The lowest BCUT2D eigenvalue weighted by atomic mass is 10.00. The Bertz CT molecular complexity index is 4630. The van der Waals surface area contributed by atoms with Crippen molar-refractivity contribution in [2.24, 2.45) is 0 Å². The summed E-state index contributed by atoms with van der Waals surface area (Å²) in [5.41, 5.74) is 0.368. The summed E-state index contributed by atoms with van der Waals surface area (Å²) in [4.78, 5) is 82.3. The molecule has 4 N–H and O–H groups in total. The molecule has 0 bridgehead atoms. The zero-order valence-corrected chi connectivity index (χ0v) is 61.6. The molecule has 552 valence electrons. The minimum Gasteiger partial charge on any atom is -0.444 e. The van der Waals surface area contributed by atoms with E-state index in [0.717, 1.165) is 17.1 Å². The highest BCUT2D eigenvalue weighted by atomic mass is 32.2. The van der Waals surface area contributed by atoms with Crippen LogP contribution in [0.4, 0.5) is 4.79 Å². The molecule has 0 aliphatic carbocycles. The molecule has 1 amide bonds. The predicted octanol–water partition coefficient (Wildman–Crippen LogP) is 6.92. The lowest BCUT2D eigenvalue weighted by molar-refractivity contribution is -0.0917. The number of Topliss-reactive ketones (excluding diaryl/α,β-unsaturated/α-hetero) is 4. The number of hydrogen-bond acceptors (Lipinski definition) is 21. The number of aromatic nitrogens is 6. The Balaban J connectivity index is 0.000000157. The molecule has 7 aromatic rings. The van der Waals surface area contributed by atoms with Crippen LogP contribution >= 0.6 is 0 Å². The minimum atomic E-state index is -4.10. The Morgan fingerprint density at radius 3 is 0.990 bits per heavy atom. The van der Waals surface area contributed by atoms with Crippen LogP contribution in [0.1, 0.15) is 146 Å². The summed E-state index contributed by atoms with van der Waals surface area (Å²) in [5, 5.41) is 3.27. The number of sulfonamides is 4. The number of rotatable bonds is 18. The maximum absolute atomic E-state index is 14.1. The van der Waals surface area contributed by atoms with Crippen LogP contribution in [0, 0.1) is 0 Å². The number of ketones is 4. The van der Waals surface area contributed by atoms with E-state index in [4.69, 9.17) is 18.9 Å². The number of H-pyrrole nitrogens is 3. The molecule has 33 heteroatoms. The number of imidazole rings is 3. The van der Waals surface area contributed by atoms with Crippen LogP contribution in [0.3, 0.4) is 0 Å². The number of carbonyl (C=O) groups is 5. The number of nitrogens with one attached hydrogen (secondary N) is 4. The minimum absolute atomic E-state index is 0.0256. The van der Waals surface area contributed by atoms with E-state index in [-0.39, 0.29) is 87.9 Å². The number of piperidine rings is 3. The van der Waals surface area contributed by atoms with Gasteiger partial charge in [-0.15, -0.1) is 0 Å². The van der Waals surface area contributed by atoms with Crippen molar-refractivity contribution in [1.82, 2.24) is 57.3 Å². The highest BCUT2D eigenvalue weighted by molar-refractivity contribution is 7.90. The van der Waals surface area contributed by atoms with E-state index >= 15 is 0 Å². The van der Waals surface area contributed by atoms with E-state index < -0.39 is 81.0 Å². The van der Waals surface area contributed by atoms with Crippen LogP contribution in [0.2, 0.25) is 0 Å². The summed E-state index contributed by atoms with van der Waals surface area (Å²) in [6, 6.07) is 22.3. The van der Waals surface area contributed by atoms with E-state index in [2.05, 4.69) is 35.2 Å². The SMILES string of the molecule is CC(=O)c1ccc(S(=O)(=O)N2C(Cc3cnc[nH]3)COC23CCN(C(=O)OC(C)(C)C)CC3)cc1.CC(=O)c1ccc(S(=O)(=O)N2C(Cc3cnc[nH]3)COC23CCNCC3)cc1.CC(=O)c1ccc(S(=O)(=O)N2CCC3(CC2)OCC(Cc2cnc[nH]2)N3S(=O)(=O)c2ccc(C(C)=O)cc2)cc1. The van der Waals surface area contributed by atoms with Gasteiger partial charge >= 0.3 is 6.09 Å². The lowest BCUT2D eigenvalue weighted by Gasteiger charge is -2.44. The molecule has 6 saturated heterocycles. The molecule has 3 aromatic heterocycles. The van der Waals surface area contributed by atoms with Gasteiger partial charge in [0.1, 0.15) is 22.8 Å². The maximum Gasteiger partial charge on any atom is 0.410 e. The van der Waals surface area contributed by atoms with Crippen molar-refractivity contribution >= 4 is 69.3 Å². The van der Waals surface area contributed by atoms with Crippen molar-refractivity contribution in [2.45, 2.75) is 167 Å². The number of hydrogen-bond donors (Lipinski definition) is 4. The summed E-state index contributed by atoms with van der Waals surface area (Å²) in [6.07, 6.45) is 12.6. The van der Waals surface area contributed by atoms with Crippen molar-refractivity contribution in [2.75, 3.05) is 59.1 Å². The number of nitrogens with zero attached hydrogens (tertiary/aromatic N) is 8. The molecule has 0 radical (unpaired) electrons. The zero-order chi connectivity index (χ0) is 73.9. The molecule has 6 aliphatic heterocycles. The van der Waals surface area contributed by atoms with Crippen LogP contribution < -0.4 is 5.32 Å². The van der Waals surface area contributed by atoms with Gasteiger partial charge in [-0.25, -0.2) is 53.4 Å². The van der Waals surface area contributed by atoms with Crippen LogP contribution in [0.5, 0.6) is 0 Å². The Morgan fingerprint density at radius 2 is 0.718 bits per heavy atom. The first-order valence-corrected chi connectivity index (χ1v) is 39.6. The van der Waals surface area contributed by atoms with E-state index in [1.807, 2.05) is 20.8 Å². The molecule has 6 fully saturated rings. The molecule has 103 heavy (non-hydrogen) atoms. The second-order valence-electron chi connectivity index (χ2n) is 27.4. The molecule has 6 aliphatic rings. The van der Waals surface area contributed by atoms with Gasteiger partial charge in [-0.3, -0.25) is 19.2 Å². The van der Waals surface area contributed by atoms with Gasteiger partial charge in [-0.05, 0) is 110 Å². The molecule has 4 aromatic carbocycles. The summed E-state index contributed by atoms with van der Waals surface area (Å²) >= 11 is 0. The first kappa shape index (κ1) is 76.1. The van der Waals surface area contributed by atoms with Gasteiger partial charge in [0.2, 0.25) is 40.1 Å². The van der Waals surface area contributed by atoms with E-state index in [0.29, 0.717) is 100.0 Å². The normalized spacial score (nSPS) is 21.0. The Morgan fingerprint density at radius 1 is 0.437 bits per heavy atom. The third-order valence-corrected chi connectivity index (χ3v) is 27.3. The maximum atomic E-state index is 14.1. The van der Waals surface area contributed by atoms with Crippen molar-refractivity contribution in [3.63, 3.8) is 0 Å². The quantitative estimate of drug-likeness (QED) is 0.0633. The monoisotopic (exact) mass is 1490 g/mol. The average molecular weight is 1500 g/mol. The van der Waals surface area contributed by atoms with E-state index in [1.54, 1.807) is 52.6 Å². The smallest absolute Gasteiger partial charge is 0.410 e. The summed E-state index contributed by atoms with van der Waals surface area (Å²) in [5.74, 6) is -0.572. The molecule has 29 nitrogen and oxygen atoms in total. The molecule has 3 spiro atoms. The van der Waals surface area contributed by atoms with Gasteiger partial charge in [-0.1, -0.05) is 48.5 Å². The number of carbonyl (C=O) groups excluding carboxylic acids is 5. The molecule has 0 saturated carbocycles. The number of benzene rings is 4. The second kappa shape index (κ2) is 30.6. The van der Waals surface area contributed by atoms with Crippen molar-refractivity contribution in [3.05, 3.63) is 174 Å². The predicted molar refractivity (Wildman–Crippen MR) is 374 cm³/mol. The van der Waals surface area contributed by atoms with Gasteiger partial charge in [0, 0.05) is 142 Å². The third-order valence-electron chi connectivity index (χ3n) is 19.3. The second-order valence-corrected chi connectivity index (χ2v) is 34.8. The average Bonchev–Trinajstić information content (AvgIpc) is 1.64. The van der Waals surface area contributed by atoms with Crippen molar-refractivity contribution < 1.29 is 76.6 Å². The van der Waals surface area contributed by atoms with Gasteiger partial charge in [0.05, 0.1) is 76.5 Å². The number of aromatic amines is 3. The first-order chi connectivity index (χ1) is 48.8. The summed E-state index contributed by atoms with van der Waals surface area (Å²) in [6.45, 7) is 13.9. The Kier molecular flexibility index (Phi) is 22.6. The van der Waals surface area contributed by atoms with Gasteiger partial charge in [0.25, 0.3) is 0 Å². The Hall–Kier alpha value is -8.06. The molecular formula is C70H86N12O17S4. The van der Waals surface area contributed by atoms with Crippen LogP contribution in [0.15, 0.2) is 154 Å². The van der Waals surface area contributed by atoms with Crippen molar-refractivity contribution in [3.8, 4) is 0 Å². The fourth-order valence-corrected chi connectivity index (χ4v) is 21.2. The first-order valence-electron chi connectivity index (χ1n) is 33.9. The van der Waals surface area contributed by atoms with Crippen LogP contribution in [-0.2, 0) is 78.3 Å². The van der Waals surface area contributed by atoms with E-state index in [1.165, 1.54) is 132 Å². The molecule has 3 atom stereocenters. The fraction of sp³-hybridized carbons (Fsp3) is 0.457. The summed E-state index contributed by atoms with van der Waals surface area (Å²) < 4.78 is 140. The molecule has 13 rings (SSSR count). The number of likely N-dealkylation sites (tertiary alicyclic amines) is 1. The highest BCUT2D eigenvalue weighted by Gasteiger charge is 2.58. The zero-order valence-electron chi connectivity index (χ0n) is 58.3. The lowest BCUT2D eigenvalue weighted by Crippen LogP contribution is -2.58. The number of amides is 1. The molecule has 3 unspecified atom stereocenters. The van der Waals surface area contributed by atoms with Gasteiger partial charge in [0.15, 0.2) is 23.1 Å². The molecule has 9 heterocycles. The summed E-state index contributed by atoms with van der Waals surface area (Å²) in [7, 11) is -15.8. The highest BCUT2D eigenvalue weighted by Crippen LogP contribution is 2.46. The molecular weight excluding hydrogens is 1410 g/mol. The third kappa shape index (κ3) is 16.4. The van der Waals surface area contributed by atoms with Gasteiger partial charge in [-0.2, -0.15) is 17.2 Å². The number of ether oxygens (including phenoxy) is 4. The Labute approximate surface area is 599 Å². The van der Waals surface area contributed by atoms with Gasteiger partial charge < -0.3 is 44.1 Å².